The Hall–Kier alpha value is -0.300. The third-order valence-corrected chi connectivity index (χ3v) is 3.56. The van der Waals surface area contributed by atoms with Gasteiger partial charge >= 0.3 is 0 Å². The molecule has 1 heterocycles. The van der Waals surface area contributed by atoms with Gasteiger partial charge in [-0.15, -0.1) is 35.3 Å². The molecule has 0 aliphatic rings. The van der Waals surface area contributed by atoms with Gasteiger partial charge in [0.05, 0.1) is 6.54 Å². The van der Waals surface area contributed by atoms with Crippen molar-refractivity contribution >= 4 is 41.3 Å². The van der Waals surface area contributed by atoms with Crippen LogP contribution in [0.15, 0.2) is 17.1 Å². The Balaban J connectivity index is 0.00000289. The van der Waals surface area contributed by atoms with Gasteiger partial charge in [-0.2, -0.15) is 0 Å². The van der Waals surface area contributed by atoms with Crippen LogP contribution in [0.2, 0.25) is 0 Å². The summed E-state index contributed by atoms with van der Waals surface area (Å²) in [7, 11) is 0. The quantitative estimate of drug-likeness (QED) is 0.450. The van der Waals surface area contributed by atoms with Crippen molar-refractivity contribution in [1.82, 2.24) is 10.6 Å². The second kappa shape index (κ2) is 10.6. The molecule has 0 radical (unpaired) electrons. The topological polar surface area (TPSA) is 36.4 Å². The van der Waals surface area contributed by atoms with Gasteiger partial charge in [0.15, 0.2) is 5.96 Å². The molecular weight excluding hydrogens is 357 g/mol. The lowest BCUT2D eigenvalue weighted by Crippen LogP contribution is -2.37. The van der Waals surface area contributed by atoms with E-state index in [-0.39, 0.29) is 24.0 Å². The molecule has 0 saturated carbocycles. The van der Waals surface area contributed by atoms with Crippen molar-refractivity contribution in [3.8, 4) is 0 Å². The van der Waals surface area contributed by atoms with Crippen LogP contribution in [0.5, 0.6) is 0 Å². The van der Waals surface area contributed by atoms with Crippen LogP contribution in [0.3, 0.4) is 0 Å². The highest BCUT2D eigenvalue weighted by Crippen LogP contribution is 2.17. The molecule has 0 spiro atoms. The maximum atomic E-state index is 4.57. The van der Waals surface area contributed by atoms with E-state index >= 15 is 0 Å². The summed E-state index contributed by atoms with van der Waals surface area (Å²) in [6, 6.07) is 4.37. The van der Waals surface area contributed by atoms with Gasteiger partial charge in [-0.1, -0.05) is 13.8 Å². The van der Waals surface area contributed by atoms with Crippen LogP contribution in [0.25, 0.3) is 0 Å². The van der Waals surface area contributed by atoms with Crippen LogP contribution in [-0.4, -0.2) is 19.0 Å². The van der Waals surface area contributed by atoms with Gasteiger partial charge in [0, 0.05) is 22.8 Å². The molecule has 0 atom stereocenters. The van der Waals surface area contributed by atoms with Crippen molar-refractivity contribution in [1.29, 1.82) is 0 Å². The average Bonchev–Trinajstić information content (AvgIpc) is 2.80. The van der Waals surface area contributed by atoms with Crippen LogP contribution in [0, 0.1) is 0 Å². The van der Waals surface area contributed by atoms with Crippen molar-refractivity contribution in [3.05, 3.63) is 21.9 Å². The molecule has 0 fully saturated rings. The van der Waals surface area contributed by atoms with E-state index in [1.165, 1.54) is 9.75 Å². The van der Waals surface area contributed by atoms with E-state index in [1.807, 2.05) is 11.3 Å². The van der Waals surface area contributed by atoms with Crippen molar-refractivity contribution in [3.63, 3.8) is 0 Å². The lowest BCUT2D eigenvalue weighted by atomic mass is 10.4. The van der Waals surface area contributed by atoms with Crippen molar-refractivity contribution in [2.75, 3.05) is 13.1 Å². The first-order valence-corrected chi connectivity index (χ1v) is 7.21. The summed E-state index contributed by atoms with van der Waals surface area (Å²) in [6.07, 6.45) is 2.23. The average molecular weight is 381 g/mol. The van der Waals surface area contributed by atoms with E-state index in [0.717, 1.165) is 38.4 Å². The summed E-state index contributed by atoms with van der Waals surface area (Å²) < 4.78 is 0. The Morgan fingerprint density at radius 3 is 2.44 bits per heavy atom. The largest absolute Gasteiger partial charge is 0.357 e. The Kier molecular flexibility index (Phi) is 10.4. The smallest absolute Gasteiger partial charge is 0.191 e. The summed E-state index contributed by atoms with van der Waals surface area (Å²) in [4.78, 5) is 7.34. The molecule has 3 nitrogen and oxygen atoms in total. The zero-order valence-corrected chi connectivity index (χ0v) is 14.6. The number of nitrogens with zero attached hydrogens (tertiary/aromatic N) is 1. The van der Waals surface area contributed by atoms with Crippen molar-refractivity contribution in [2.45, 2.75) is 40.2 Å². The number of thiophene rings is 1. The Bertz CT molecular complexity index is 350. The summed E-state index contributed by atoms with van der Waals surface area (Å²) in [5.41, 5.74) is 0. The van der Waals surface area contributed by atoms with Crippen molar-refractivity contribution in [2.24, 2.45) is 4.99 Å². The van der Waals surface area contributed by atoms with E-state index in [2.05, 4.69) is 48.5 Å². The molecule has 18 heavy (non-hydrogen) atoms. The number of aryl methyl sites for hydroxylation is 1. The highest BCUT2D eigenvalue weighted by molar-refractivity contribution is 14.0. The second-order valence-corrected chi connectivity index (χ2v) is 5.10. The van der Waals surface area contributed by atoms with Gasteiger partial charge in [-0.05, 0) is 31.9 Å². The van der Waals surface area contributed by atoms with Crippen LogP contribution < -0.4 is 10.6 Å². The van der Waals surface area contributed by atoms with Gasteiger partial charge in [0.2, 0.25) is 0 Å². The van der Waals surface area contributed by atoms with Gasteiger partial charge < -0.3 is 10.6 Å². The van der Waals surface area contributed by atoms with E-state index in [9.17, 15) is 0 Å². The van der Waals surface area contributed by atoms with E-state index in [0.29, 0.717) is 0 Å². The fourth-order valence-corrected chi connectivity index (χ4v) is 2.32. The molecule has 0 saturated heterocycles. The first-order chi connectivity index (χ1) is 8.30. The maximum absolute atomic E-state index is 4.57. The zero-order valence-electron chi connectivity index (χ0n) is 11.5. The fourth-order valence-electron chi connectivity index (χ4n) is 1.44. The van der Waals surface area contributed by atoms with E-state index < -0.39 is 0 Å². The highest BCUT2D eigenvalue weighted by atomic mass is 127. The predicted molar refractivity (Wildman–Crippen MR) is 92.2 cm³/mol. The highest BCUT2D eigenvalue weighted by Gasteiger charge is 1.99. The van der Waals surface area contributed by atoms with Crippen LogP contribution >= 0.6 is 35.3 Å². The molecule has 1 rings (SSSR count). The maximum Gasteiger partial charge on any atom is 0.191 e. The van der Waals surface area contributed by atoms with Gasteiger partial charge in [-0.3, -0.25) is 0 Å². The molecule has 2 N–H and O–H groups in total. The first-order valence-electron chi connectivity index (χ1n) is 6.39. The second-order valence-electron chi connectivity index (χ2n) is 3.84. The Morgan fingerprint density at radius 1 is 1.17 bits per heavy atom. The van der Waals surface area contributed by atoms with Gasteiger partial charge in [0.25, 0.3) is 0 Å². The number of rotatable bonds is 6. The van der Waals surface area contributed by atoms with E-state index in [4.69, 9.17) is 0 Å². The standard InChI is InChI=1S/C13H23N3S.HI/c1-4-9-15-13(14-6-3)16-10-12-8-7-11(5-2)17-12;/h7-8H,4-6,9-10H2,1-3H3,(H2,14,15,16);1H. The fraction of sp³-hybridized carbons (Fsp3) is 0.615. The molecule has 1 aromatic rings. The number of aliphatic imine (C=N–C) groups is 1. The molecule has 0 bridgehead atoms. The minimum absolute atomic E-state index is 0. The van der Waals surface area contributed by atoms with E-state index in [1.54, 1.807) is 0 Å². The lowest BCUT2D eigenvalue weighted by Gasteiger charge is -2.09. The minimum atomic E-state index is 0. The SMILES string of the molecule is CCCNC(=NCc1ccc(CC)s1)NCC.I. The van der Waals surface area contributed by atoms with Gasteiger partial charge in [-0.25, -0.2) is 4.99 Å². The van der Waals surface area contributed by atoms with Crippen LogP contribution in [0.4, 0.5) is 0 Å². The molecule has 0 aliphatic heterocycles. The minimum Gasteiger partial charge on any atom is -0.357 e. The first kappa shape index (κ1) is 17.7. The Morgan fingerprint density at radius 2 is 1.89 bits per heavy atom. The predicted octanol–water partition coefficient (Wildman–Crippen LogP) is 3.39. The molecular formula is C13H24IN3S. The molecule has 5 heteroatoms. The number of hydrogen-bond acceptors (Lipinski definition) is 2. The summed E-state index contributed by atoms with van der Waals surface area (Å²) in [5.74, 6) is 0.917. The summed E-state index contributed by atoms with van der Waals surface area (Å²) >= 11 is 1.85. The van der Waals surface area contributed by atoms with Crippen molar-refractivity contribution < 1.29 is 0 Å². The summed E-state index contributed by atoms with van der Waals surface area (Å²) in [5, 5.41) is 6.56. The number of hydrogen-bond donors (Lipinski definition) is 2. The third-order valence-electron chi connectivity index (χ3n) is 2.35. The third kappa shape index (κ3) is 6.58. The molecule has 0 aromatic carbocycles. The number of guanidine groups is 1. The monoisotopic (exact) mass is 381 g/mol. The van der Waals surface area contributed by atoms with Gasteiger partial charge in [0.1, 0.15) is 0 Å². The Labute approximate surface area is 131 Å². The summed E-state index contributed by atoms with van der Waals surface area (Å²) in [6.45, 7) is 9.07. The normalized spacial score (nSPS) is 10.9. The molecule has 0 aliphatic carbocycles. The molecule has 104 valence electrons. The van der Waals surface area contributed by atoms with Crippen LogP contribution in [-0.2, 0) is 13.0 Å². The zero-order chi connectivity index (χ0) is 12.5. The molecule has 0 amide bonds. The number of halogens is 1. The number of nitrogens with one attached hydrogen (secondary N) is 2. The van der Waals surface area contributed by atoms with Crippen LogP contribution in [0.1, 0.15) is 36.9 Å². The molecule has 0 unspecified atom stereocenters. The molecule has 1 aromatic heterocycles. The lowest BCUT2D eigenvalue weighted by molar-refractivity contribution is 0.786.